The SMILES string of the molecule is Cc1nc(SCC(=O)Nc2ccc(Cl)cc2C)c2c(C)c(C)sc2n1. The van der Waals surface area contributed by atoms with Gasteiger partial charge in [-0.15, -0.1) is 11.3 Å². The number of hydrogen-bond acceptors (Lipinski definition) is 5. The van der Waals surface area contributed by atoms with Gasteiger partial charge in [-0.1, -0.05) is 23.4 Å². The fraction of sp³-hybridized carbons (Fsp3) is 0.278. The topological polar surface area (TPSA) is 54.9 Å². The Bertz CT molecular complexity index is 969. The van der Waals surface area contributed by atoms with E-state index in [4.69, 9.17) is 11.6 Å². The van der Waals surface area contributed by atoms with E-state index in [0.29, 0.717) is 10.8 Å². The molecule has 0 saturated heterocycles. The molecule has 0 spiro atoms. The van der Waals surface area contributed by atoms with Crippen LogP contribution in [0.4, 0.5) is 5.69 Å². The number of rotatable bonds is 4. The van der Waals surface area contributed by atoms with Crippen molar-refractivity contribution >= 4 is 56.5 Å². The molecule has 0 aliphatic rings. The molecule has 1 amide bonds. The first-order chi connectivity index (χ1) is 11.8. The van der Waals surface area contributed by atoms with Gasteiger partial charge in [0.05, 0.1) is 5.75 Å². The largest absolute Gasteiger partial charge is 0.325 e. The summed E-state index contributed by atoms with van der Waals surface area (Å²) in [7, 11) is 0. The lowest BCUT2D eigenvalue weighted by atomic mass is 10.2. The highest BCUT2D eigenvalue weighted by molar-refractivity contribution is 8.00. The molecule has 1 N–H and O–H groups in total. The fourth-order valence-corrected chi connectivity index (χ4v) is 4.80. The number of halogens is 1. The first-order valence-corrected chi connectivity index (χ1v) is 9.96. The monoisotopic (exact) mass is 391 g/mol. The molecule has 1 aromatic carbocycles. The molecule has 3 aromatic rings. The molecule has 2 aromatic heterocycles. The van der Waals surface area contributed by atoms with Gasteiger partial charge in [-0.05, 0) is 57.0 Å². The number of thiophene rings is 1. The highest BCUT2D eigenvalue weighted by atomic mass is 35.5. The smallest absolute Gasteiger partial charge is 0.234 e. The van der Waals surface area contributed by atoms with E-state index in [2.05, 4.69) is 29.1 Å². The number of anilines is 1. The van der Waals surface area contributed by atoms with Gasteiger partial charge in [-0.3, -0.25) is 4.79 Å². The third-order valence-corrected chi connectivity index (χ3v) is 6.22. The van der Waals surface area contributed by atoms with Crippen LogP contribution in [0, 0.1) is 27.7 Å². The van der Waals surface area contributed by atoms with Crippen molar-refractivity contribution in [1.82, 2.24) is 9.97 Å². The number of carbonyl (C=O) groups is 1. The standard InChI is InChI=1S/C18H18ClN3OS2/c1-9-7-13(19)5-6-14(9)22-15(23)8-24-17-16-10(2)11(3)25-18(16)21-12(4)20-17/h5-7H,8H2,1-4H3,(H,22,23). The number of fused-ring (bicyclic) bond motifs is 1. The van der Waals surface area contributed by atoms with Gasteiger partial charge in [0.25, 0.3) is 0 Å². The zero-order valence-corrected chi connectivity index (χ0v) is 16.8. The summed E-state index contributed by atoms with van der Waals surface area (Å²) in [6.45, 7) is 7.96. The average molecular weight is 392 g/mol. The number of nitrogens with zero attached hydrogens (tertiary/aromatic N) is 2. The number of hydrogen-bond donors (Lipinski definition) is 1. The van der Waals surface area contributed by atoms with Crippen molar-refractivity contribution in [3.63, 3.8) is 0 Å². The molecule has 0 unspecified atom stereocenters. The first kappa shape index (κ1) is 18.2. The summed E-state index contributed by atoms with van der Waals surface area (Å²) >= 11 is 9.07. The van der Waals surface area contributed by atoms with Crippen LogP contribution in [0.25, 0.3) is 10.2 Å². The van der Waals surface area contributed by atoms with Crippen LogP contribution in [-0.2, 0) is 4.79 Å². The van der Waals surface area contributed by atoms with E-state index >= 15 is 0 Å². The Morgan fingerprint density at radius 1 is 1.24 bits per heavy atom. The van der Waals surface area contributed by atoms with E-state index < -0.39 is 0 Å². The van der Waals surface area contributed by atoms with Gasteiger partial charge in [-0.25, -0.2) is 9.97 Å². The van der Waals surface area contributed by atoms with Crippen LogP contribution in [0.15, 0.2) is 23.2 Å². The zero-order chi connectivity index (χ0) is 18.1. The molecule has 0 atom stereocenters. The summed E-state index contributed by atoms with van der Waals surface area (Å²) in [5, 5.41) is 5.52. The van der Waals surface area contributed by atoms with Gasteiger partial charge in [-0.2, -0.15) is 0 Å². The predicted octanol–water partition coefficient (Wildman–Crippen LogP) is 5.31. The second kappa shape index (κ2) is 7.32. The van der Waals surface area contributed by atoms with E-state index in [0.717, 1.165) is 32.3 Å². The molecule has 3 rings (SSSR count). The molecule has 0 saturated carbocycles. The quantitative estimate of drug-likeness (QED) is 0.483. The molecule has 0 fully saturated rings. The molecule has 25 heavy (non-hydrogen) atoms. The number of aryl methyl sites for hydroxylation is 4. The third kappa shape index (κ3) is 3.97. The maximum absolute atomic E-state index is 12.3. The second-order valence-corrected chi connectivity index (χ2v) is 8.44. The van der Waals surface area contributed by atoms with Crippen LogP contribution in [0.2, 0.25) is 5.02 Å². The molecule has 0 radical (unpaired) electrons. The average Bonchev–Trinajstić information content (AvgIpc) is 2.82. The fourth-order valence-electron chi connectivity index (χ4n) is 2.51. The summed E-state index contributed by atoms with van der Waals surface area (Å²) in [6.07, 6.45) is 0. The predicted molar refractivity (Wildman–Crippen MR) is 107 cm³/mol. The number of nitrogens with one attached hydrogen (secondary N) is 1. The Labute approximate surface area is 160 Å². The molecular weight excluding hydrogens is 374 g/mol. The molecule has 130 valence electrons. The van der Waals surface area contributed by atoms with Gasteiger partial charge < -0.3 is 5.32 Å². The number of benzene rings is 1. The van der Waals surface area contributed by atoms with Crippen LogP contribution in [0.5, 0.6) is 0 Å². The van der Waals surface area contributed by atoms with Gasteiger partial charge in [0, 0.05) is 21.0 Å². The van der Waals surface area contributed by atoms with Crippen molar-refractivity contribution in [2.24, 2.45) is 0 Å². The number of thioether (sulfide) groups is 1. The Kier molecular flexibility index (Phi) is 5.32. The van der Waals surface area contributed by atoms with E-state index in [1.54, 1.807) is 17.4 Å². The van der Waals surface area contributed by atoms with Crippen molar-refractivity contribution in [2.75, 3.05) is 11.1 Å². The van der Waals surface area contributed by atoms with Crippen LogP contribution < -0.4 is 5.32 Å². The Hall–Kier alpha value is -1.63. The maximum atomic E-state index is 12.3. The second-order valence-electron chi connectivity index (χ2n) is 5.84. The van der Waals surface area contributed by atoms with E-state index in [1.807, 2.05) is 26.0 Å². The number of aromatic nitrogens is 2. The molecule has 2 heterocycles. The van der Waals surface area contributed by atoms with Crippen molar-refractivity contribution < 1.29 is 4.79 Å². The summed E-state index contributed by atoms with van der Waals surface area (Å²) in [5.74, 6) is 0.955. The molecule has 4 nitrogen and oxygen atoms in total. The van der Waals surface area contributed by atoms with E-state index in [-0.39, 0.29) is 5.91 Å². The van der Waals surface area contributed by atoms with Gasteiger partial charge >= 0.3 is 0 Å². The minimum atomic E-state index is -0.0653. The van der Waals surface area contributed by atoms with Crippen molar-refractivity contribution in [3.8, 4) is 0 Å². The van der Waals surface area contributed by atoms with E-state index in [9.17, 15) is 4.79 Å². The van der Waals surface area contributed by atoms with Crippen molar-refractivity contribution in [3.05, 3.63) is 45.1 Å². The van der Waals surface area contributed by atoms with Crippen LogP contribution in [0.1, 0.15) is 21.8 Å². The first-order valence-electron chi connectivity index (χ1n) is 7.78. The highest BCUT2D eigenvalue weighted by Gasteiger charge is 2.15. The normalized spacial score (nSPS) is 11.1. The lowest BCUT2D eigenvalue weighted by Crippen LogP contribution is -2.15. The minimum absolute atomic E-state index is 0.0653. The lowest BCUT2D eigenvalue weighted by Gasteiger charge is -2.09. The van der Waals surface area contributed by atoms with Crippen LogP contribution in [0.3, 0.4) is 0 Å². The highest BCUT2D eigenvalue weighted by Crippen LogP contribution is 2.35. The maximum Gasteiger partial charge on any atom is 0.234 e. The van der Waals surface area contributed by atoms with Crippen LogP contribution in [-0.4, -0.2) is 21.6 Å². The van der Waals surface area contributed by atoms with E-state index in [1.165, 1.54) is 22.2 Å². The Balaban J connectivity index is 1.77. The summed E-state index contributed by atoms with van der Waals surface area (Å²) in [5.41, 5.74) is 2.91. The number of carbonyl (C=O) groups excluding carboxylic acids is 1. The van der Waals surface area contributed by atoms with Gasteiger partial charge in [0.2, 0.25) is 5.91 Å². The lowest BCUT2D eigenvalue weighted by molar-refractivity contribution is -0.113. The minimum Gasteiger partial charge on any atom is -0.325 e. The van der Waals surface area contributed by atoms with Crippen LogP contribution >= 0.6 is 34.7 Å². The molecular formula is C18H18ClN3OS2. The Morgan fingerprint density at radius 3 is 2.72 bits per heavy atom. The van der Waals surface area contributed by atoms with Crippen molar-refractivity contribution in [1.29, 1.82) is 0 Å². The number of amides is 1. The summed E-state index contributed by atoms with van der Waals surface area (Å²) in [6, 6.07) is 5.42. The Morgan fingerprint density at radius 2 is 2.00 bits per heavy atom. The third-order valence-electron chi connectivity index (χ3n) is 3.91. The molecule has 0 bridgehead atoms. The zero-order valence-electron chi connectivity index (χ0n) is 14.4. The van der Waals surface area contributed by atoms with Crippen molar-refractivity contribution in [2.45, 2.75) is 32.7 Å². The summed E-state index contributed by atoms with van der Waals surface area (Å²) in [4.78, 5) is 23.6. The molecule has 7 heteroatoms. The summed E-state index contributed by atoms with van der Waals surface area (Å²) < 4.78 is 0. The van der Waals surface area contributed by atoms with Gasteiger partial charge in [0.15, 0.2) is 0 Å². The molecule has 0 aliphatic carbocycles. The molecule has 0 aliphatic heterocycles. The van der Waals surface area contributed by atoms with Gasteiger partial charge in [0.1, 0.15) is 15.7 Å².